The minimum absolute atomic E-state index is 0.120. The first-order chi connectivity index (χ1) is 6.85. The Kier molecular flexibility index (Phi) is 3.03. The van der Waals surface area contributed by atoms with E-state index in [1.807, 2.05) is 0 Å². The minimum Gasteiger partial charge on any atom is -0.378 e. The molecule has 0 aromatic heterocycles. The molecule has 0 saturated carbocycles. The van der Waals surface area contributed by atoms with Crippen molar-refractivity contribution in [2.45, 2.75) is 24.9 Å². The quantitative estimate of drug-likeness (QED) is 0.721. The maximum atomic E-state index is 5.52. The van der Waals surface area contributed by atoms with Gasteiger partial charge in [0.15, 0.2) is 0 Å². The zero-order chi connectivity index (χ0) is 9.86. The summed E-state index contributed by atoms with van der Waals surface area (Å²) >= 11 is 0. The molecule has 0 aromatic rings. The molecule has 2 rings (SSSR count). The highest BCUT2D eigenvalue weighted by atomic mass is 16.5. The molecule has 2 aliphatic rings. The van der Waals surface area contributed by atoms with Crippen LogP contribution in [0, 0.1) is 0 Å². The Labute approximate surface area is 84.7 Å². The van der Waals surface area contributed by atoms with Crippen molar-refractivity contribution in [2.75, 3.05) is 33.4 Å². The van der Waals surface area contributed by atoms with Gasteiger partial charge in [0.2, 0.25) is 0 Å². The van der Waals surface area contributed by atoms with Gasteiger partial charge >= 0.3 is 0 Å². The molecule has 1 N–H and O–H groups in total. The van der Waals surface area contributed by atoms with E-state index in [2.05, 4.69) is 10.3 Å². The second-order valence-corrected chi connectivity index (χ2v) is 3.98. The van der Waals surface area contributed by atoms with Crippen molar-refractivity contribution >= 4 is 5.84 Å². The number of nitrogens with zero attached hydrogens (tertiary/aromatic N) is 1. The fourth-order valence-corrected chi connectivity index (χ4v) is 1.91. The van der Waals surface area contributed by atoms with Crippen LogP contribution in [0.2, 0.25) is 0 Å². The van der Waals surface area contributed by atoms with E-state index < -0.39 is 0 Å². The molecule has 0 spiro atoms. The number of ether oxygens (including phenoxy) is 2. The molecule has 1 atom stereocenters. The summed E-state index contributed by atoms with van der Waals surface area (Å²) < 4.78 is 10.9. The highest BCUT2D eigenvalue weighted by Crippen LogP contribution is 2.21. The molecule has 1 saturated heterocycles. The Morgan fingerprint density at radius 2 is 2.57 bits per heavy atom. The summed E-state index contributed by atoms with van der Waals surface area (Å²) in [5.41, 5.74) is -0.120. The van der Waals surface area contributed by atoms with Crippen molar-refractivity contribution < 1.29 is 9.47 Å². The summed E-state index contributed by atoms with van der Waals surface area (Å²) in [7, 11) is 1.76. The number of nitrogens with one attached hydrogen (secondary N) is 1. The number of hydrogen-bond acceptors (Lipinski definition) is 4. The lowest BCUT2D eigenvalue weighted by Gasteiger charge is -2.26. The van der Waals surface area contributed by atoms with E-state index in [-0.39, 0.29) is 5.60 Å². The number of methoxy groups -OCH3 is 1. The SMILES string of the molecule is COC1(CNC2=NCCC2)CCOC1. The Morgan fingerprint density at radius 1 is 1.64 bits per heavy atom. The highest BCUT2D eigenvalue weighted by Gasteiger charge is 2.34. The smallest absolute Gasteiger partial charge is 0.110 e. The molecular weight excluding hydrogens is 180 g/mol. The maximum absolute atomic E-state index is 5.52. The summed E-state index contributed by atoms with van der Waals surface area (Å²) in [6, 6.07) is 0. The lowest BCUT2D eigenvalue weighted by Crippen LogP contribution is -2.44. The molecule has 4 nitrogen and oxygen atoms in total. The van der Waals surface area contributed by atoms with E-state index >= 15 is 0 Å². The molecule has 2 aliphatic heterocycles. The Morgan fingerprint density at radius 3 is 3.14 bits per heavy atom. The summed E-state index contributed by atoms with van der Waals surface area (Å²) in [6.07, 6.45) is 3.24. The molecule has 1 fully saturated rings. The summed E-state index contributed by atoms with van der Waals surface area (Å²) in [6.45, 7) is 3.30. The molecule has 1 unspecified atom stereocenters. The van der Waals surface area contributed by atoms with Crippen LogP contribution >= 0.6 is 0 Å². The van der Waals surface area contributed by atoms with Gasteiger partial charge in [-0.25, -0.2) is 0 Å². The van der Waals surface area contributed by atoms with Gasteiger partial charge in [0.05, 0.1) is 12.4 Å². The van der Waals surface area contributed by atoms with Gasteiger partial charge in [0.1, 0.15) is 5.60 Å². The molecular formula is C10H18N2O2. The van der Waals surface area contributed by atoms with Gasteiger partial charge in [-0.15, -0.1) is 0 Å². The zero-order valence-electron chi connectivity index (χ0n) is 8.71. The average Bonchev–Trinajstić information content (AvgIpc) is 2.87. The van der Waals surface area contributed by atoms with Gasteiger partial charge in [0, 0.05) is 39.6 Å². The van der Waals surface area contributed by atoms with Crippen LogP contribution in [0.25, 0.3) is 0 Å². The first kappa shape index (κ1) is 9.93. The van der Waals surface area contributed by atoms with E-state index in [9.17, 15) is 0 Å². The molecule has 80 valence electrons. The summed E-state index contributed by atoms with van der Waals surface area (Å²) in [5, 5.41) is 3.36. The molecule has 0 amide bonds. The second-order valence-electron chi connectivity index (χ2n) is 3.98. The molecule has 4 heteroatoms. The van der Waals surface area contributed by atoms with Crippen LogP contribution in [0.4, 0.5) is 0 Å². The van der Waals surface area contributed by atoms with Crippen LogP contribution in [-0.4, -0.2) is 44.8 Å². The van der Waals surface area contributed by atoms with Gasteiger partial charge in [-0.3, -0.25) is 4.99 Å². The molecule has 0 aromatic carbocycles. The van der Waals surface area contributed by atoms with Crippen LogP contribution in [0.1, 0.15) is 19.3 Å². The van der Waals surface area contributed by atoms with Crippen LogP contribution in [0.15, 0.2) is 4.99 Å². The highest BCUT2D eigenvalue weighted by molar-refractivity contribution is 5.83. The lowest BCUT2D eigenvalue weighted by molar-refractivity contribution is -0.0127. The van der Waals surface area contributed by atoms with Crippen LogP contribution in [-0.2, 0) is 9.47 Å². The normalized spacial score (nSPS) is 31.9. The topological polar surface area (TPSA) is 42.8 Å². The van der Waals surface area contributed by atoms with Gasteiger partial charge in [-0.1, -0.05) is 0 Å². The molecule has 0 radical (unpaired) electrons. The predicted molar refractivity (Wildman–Crippen MR) is 54.7 cm³/mol. The monoisotopic (exact) mass is 198 g/mol. The van der Waals surface area contributed by atoms with Crippen molar-refractivity contribution in [3.63, 3.8) is 0 Å². The van der Waals surface area contributed by atoms with Crippen LogP contribution in [0.5, 0.6) is 0 Å². The van der Waals surface area contributed by atoms with Crippen LogP contribution in [0.3, 0.4) is 0 Å². The Hall–Kier alpha value is -0.610. The number of amidine groups is 1. The Bertz CT molecular complexity index is 222. The second kappa shape index (κ2) is 4.28. The van der Waals surface area contributed by atoms with Crippen LogP contribution < -0.4 is 5.32 Å². The van der Waals surface area contributed by atoms with Crippen molar-refractivity contribution in [2.24, 2.45) is 4.99 Å². The summed E-state index contributed by atoms with van der Waals surface area (Å²) in [4.78, 5) is 4.37. The third-order valence-electron chi connectivity index (χ3n) is 2.99. The molecule has 0 aliphatic carbocycles. The van der Waals surface area contributed by atoms with Gasteiger partial charge in [0.25, 0.3) is 0 Å². The minimum atomic E-state index is -0.120. The third-order valence-corrected chi connectivity index (χ3v) is 2.99. The van der Waals surface area contributed by atoms with Crippen molar-refractivity contribution in [1.82, 2.24) is 5.32 Å². The van der Waals surface area contributed by atoms with Crippen molar-refractivity contribution in [3.8, 4) is 0 Å². The number of aliphatic imine (C=N–C) groups is 1. The van der Waals surface area contributed by atoms with Gasteiger partial charge < -0.3 is 14.8 Å². The van der Waals surface area contributed by atoms with E-state index in [1.54, 1.807) is 7.11 Å². The van der Waals surface area contributed by atoms with E-state index in [0.29, 0.717) is 6.61 Å². The molecule has 2 heterocycles. The fraction of sp³-hybridized carbons (Fsp3) is 0.900. The van der Waals surface area contributed by atoms with Gasteiger partial charge in [-0.2, -0.15) is 0 Å². The van der Waals surface area contributed by atoms with Crippen molar-refractivity contribution in [1.29, 1.82) is 0 Å². The fourth-order valence-electron chi connectivity index (χ4n) is 1.91. The Balaban J connectivity index is 1.82. The van der Waals surface area contributed by atoms with E-state index in [1.165, 1.54) is 6.42 Å². The standard InChI is InChI=1S/C10H18N2O2/c1-13-10(4-6-14-8-10)7-12-9-3-2-5-11-9/h2-8H2,1H3,(H,11,12). The summed E-state index contributed by atoms with van der Waals surface area (Å²) in [5.74, 6) is 1.13. The zero-order valence-corrected chi connectivity index (χ0v) is 8.71. The van der Waals surface area contributed by atoms with Gasteiger partial charge in [-0.05, 0) is 6.42 Å². The largest absolute Gasteiger partial charge is 0.378 e. The third kappa shape index (κ3) is 2.07. The lowest BCUT2D eigenvalue weighted by atomic mass is 10.0. The molecule has 0 bridgehead atoms. The average molecular weight is 198 g/mol. The number of rotatable bonds is 3. The van der Waals surface area contributed by atoms with E-state index in [0.717, 1.165) is 38.4 Å². The van der Waals surface area contributed by atoms with Crippen molar-refractivity contribution in [3.05, 3.63) is 0 Å². The van der Waals surface area contributed by atoms with E-state index in [4.69, 9.17) is 9.47 Å². The molecule has 14 heavy (non-hydrogen) atoms. The number of hydrogen-bond donors (Lipinski definition) is 1. The maximum Gasteiger partial charge on any atom is 0.110 e. The first-order valence-corrected chi connectivity index (χ1v) is 5.25. The predicted octanol–water partition coefficient (Wildman–Crippen LogP) is 0.574. The first-order valence-electron chi connectivity index (χ1n) is 5.25.